The first-order valence-corrected chi connectivity index (χ1v) is 5.30. The van der Waals surface area contributed by atoms with Crippen LogP contribution in [0.4, 0.5) is 0 Å². The Morgan fingerprint density at radius 1 is 1.57 bits per heavy atom. The largest absolute Gasteiger partial charge is 0.396 e. The third-order valence-corrected chi connectivity index (χ3v) is 2.85. The summed E-state index contributed by atoms with van der Waals surface area (Å²) in [4.78, 5) is 13.3. The monoisotopic (exact) mass is 200 g/mol. The van der Waals surface area contributed by atoms with Crippen LogP contribution < -0.4 is 5.73 Å². The fraction of sp³-hybridized carbons (Fsp3) is 0.900. The summed E-state index contributed by atoms with van der Waals surface area (Å²) in [6, 6.07) is -0.385. The Morgan fingerprint density at radius 2 is 2.14 bits per heavy atom. The fourth-order valence-corrected chi connectivity index (χ4v) is 1.91. The van der Waals surface area contributed by atoms with Crippen LogP contribution >= 0.6 is 0 Å². The van der Waals surface area contributed by atoms with Crippen LogP contribution in [-0.2, 0) is 4.79 Å². The number of nitrogens with zero attached hydrogens (tertiary/aromatic N) is 1. The van der Waals surface area contributed by atoms with E-state index in [1.807, 2.05) is 4.90 Å². The van der Waals surface area contributed by atoms with E-state index in [4.69, 9.17) is 10.8 Å². The summed E-state index contributed by atoms with van der Waals surface area (Å²) in [6.07, 6.45) is 2.86. The minimum atomic E-state index is -0.385. The number of piperidine rings is 1. The number of amides is 1. The second kappa shape index (κ2) is 5.32. The van der Waals surface area contributed by atoms with Crippen LogP contribution in [0.25, 0.3) is 0 Å². The maximum absolute atomic E-state index is 11.5. The Hall–Kier alpha value is -0.610. The molecule has 14 heavy (non-hydrogen) atoms. The second-order valence-corrected chi connectivity index (χ2v) is 4.07. The normalized spacial score (nSPS) is 20.9. The van der Waals surface area contributed by atoms with Gasteiger partial charge in [-0.1, -0.05) is 0 Å². The van der Waals surface area contributed by atoms with E-state index in [0.29, 0.717) is 5.92 Å². The summed E-state index contributed by atoms with van der Waals surface area (Å²) >= 11 is 0. The Kier molecular flexibility index (Phi) is 4.35. The molecule has 1 saturated heterocycles. The topological polar surface area (TPSA) is 66.6 Å². The van der Waals surface area contributed by atoms with Crippen LogP contribution in [0.2, 0.25) is 0 Å². The lowest BCUT2D eigenvalue weighted by Crippen LogP contribution is -2.45. The molecule has 0 aromatic rings. The van der Waals surface area contributed by atoms with Crippen LogP contribution in [0, 0.1) is 5.92 Å². The van der Waals surface area contributed by atoms with Gasteiger partial charge in [-0.15, -0.1) is 0 Å². The third-order valence-electron chi connectivity index (χ3n) is 2.85. The lowest BCUT2D eigenvalue weighted by molar-refractivity contribution is -0.133. The predicted octanol–water partition coefficient (Wildman–Crippen LogP) is -0.0454. The van der Waals surface area contributed by atoms with E-state index in [1.54, 1.807) is 6.92 Å². The molecule has 1 fully saturated rings. The van der Waals surface area contributed by atoms with Gasteiger partial charge in [-0.05, 0) is 32.1 Å². The Bertz CT molecular complexity index is 187. The minimum Gasteiger partial charge on any atom is -0.396 e. The van der Waals surface area contributed by atoms with Crippen molar-refractivity contribution in [2.75, 3.05) is 19.7 Å². The number of hydrogen-bond acceptors (Lipinski definition) is 3. The molecule has 1 aliphatic rings. The van der Waals surface area contributed by atoms with Gasteiger partial charge in [0.25, 0.3) is 0 Å². The highest BCUT2D eigenvalue weighted by molar-refractivity contribution is 5.81. The maximum Gasteiger partial charge on any atom is 0.239 e. The van der Waals surface area contributed by atoms with Crippen molar-refractivity contribution < 1.29 is 9.90 Å². The van der Waals surface area contributed by atoms with Crippen molar-refractivity contribution in [3.8, 4) is 0 Å². The van der Waals surface area contributed by atoms with Crippen molar-refractivity contribution in [1.29, 1.82) is 0 Å². The van der Waals surface area contributed by atoms with Crippen LogP contribution in [0.15, 0.2) is 0 Å². The highest BCUT2D eigenvalue weighted by Crippen LogP contribution is 2.20. The van der Waals surface area contributed by atoms with Gasteiger partial charge in [0, 0.05) is 19.7 Å². The molecule has 0 spiro atoms. The summed E-state index contributed by atoms with van der Waals surface area (Å²) in [6.45, 7) is 3.57. The summed E-state index contributed by atoms with van der Waals surface area (Å²) in [5.74, 6) is 0.629. The molecule has 0 radical (unpaired) electrons. The zero-order chi connectivity index (χ0) is 10.6. The highest BCUT2D eigenvalue weighted by atomic mass is 16.3. The van der Waals surface area contributed by atoms with Crippen LogP contribution in [0.1, 0.15) is 26.2 Å². The Balaban J connectivity index is 2.32. The van der Waals surface area contributed by atoms with Gasteiger partial charge in [-0.25, -0.2) is 0 Å². The third kappa shape index (κ3) is 2.96. The molecule has 1 heterocycles. The van der Waals surface area contributed by atoms with Gasteiger partial charge in [0.05, 0.1) is 6.04 Å². The molecule has 1 aliphatic heterocycles. The van der Waals surface area contributed by atoms with Crippen molar-refractivity contribution in [3.05, 3.63) is 0 Å². The minimum absolute atomic E-state index is 0.0486. The zero-order valence-corrected chi connectivity index (χ0v) is 8.78. The molecule has 82 valence electrons. The van der Waals surface area contributed by atoms with Crippen LogP contribution in [-0.4, -0.2) is 41.7 Å². The first kappa shape index (κ1) is 11.5. The van der Waals surface area contributed by atoms with E-state index in [2.05, 4.69) is 0 Å². The average molecular weight is 200 g/mol. The Labute approximate surface area is 85.1 Å². The van der Waals surface area contributed by atoms with Crippen molar-refractivity contribution >= 4 is 5.91 Å². The second-order valence-electron chi connectivity index (χ2n) is 4.07. The molecular formula is C10H20N2O2. The number of rotatable bonds is 3. The lowest BCUT2D eigenvalue weighted by atomic mass is 9.94. The van der Waals surface area contributed by atoms with E-state index in [-0.39, 0.29) is 18.6 Å². The molecule has 0 aromatic carbocycles. The first-order valence-electron chi connectivity index (χ1n) is 5.30. The first-order chi connectivity index (χ1) is 6.65. The molecule has 1 atom stereocenters. The molecule has 3 N–H and O–H groups in total. The van der Waals surface area contributed by atoms with Gasteiger partial charge < -0.3 is 15.7 Å². The molecule has 0 unspecified atom stereocenters. The maximum atomic E-state index is 11.5. The molecule has 0 bridgehead atoms. The van der Waals surface area contributed by atoms with Crippen molar-refractivity contribution in [3.63, 3.8) is 0 Å². The lowest BCUT2D eigenvalue weighted by Gasteiger charge is -2.32. The smallest absolute Gasteiger partial charge is 0.239 e. The van der Waals surface area contributed by atoms with E-state index in [1.165, 1.54) is 0 Å². The van der Waals surface area contributed by atoms with E-state index < -0.39 is 0 Å². The molecule has 4 nitrogen and oxygen atoms in total. The molecule has 0 aliphatic carbocycles. The van der Waals surface area contributed by atoms with Crippen molar-refractivity contribution in [2.45, 2.75) is 32.2 Å². The number of hydrogen-bond donors (Lipinski definition) is 2. The Morgan fingerprint density at radius 3 is 2.57 bits per heavy atom. The number of carbonyl (C=O) groups is 1. The zero-order valence-electron chi connectivity index (χ0n) is 8.78. The van der Waals surface area contributed by atoms with E-state index >= 15 is 0 Å². The number of likely N-dealkylation sites (tertiary alicyclic amines) is 1. The summed E-state index contributed by atoms with van der Waals surface area (Å²) in [5, 5.41) is 8.78. The van der Waals surface area contributed by atoms with E-state index in [0.717, 1.165) is 32.4 Å². The highest BCUT2D eigenvalue weighted by Gasteiger charge is 2.23. The van der Waals surface area contributed by atoms with Crippen molar-refractivity contribution in [2.24, 2.45) is 11.7 Å². The van der Waals surface area contributed by atoms with Crippen LogP contribution in [0.5, 0.6) is 0 Å². The van der Waals surface area contributed by atoms with Crippen molar-refractivity contribution in [1.82, 2.24) is 4.90 Å². The SMILES string of the molecule is C[C@@H](N)C(=O)N1CCC(CCO)CC1. The molecule has 0 aromatic heterocycles. The van der Waals surface area contributed by atoms with Gasteiger partial charge in [0.1, 0.15) is 0 Å². The predicted molar refractivity (Wildman–Crippen MR) is 54.7 cm³/mol. The fourth-order valence-electron chi connectivity index (χ4n) is 1.91. The molecule has 4 heteroatoms. The molecule has 1 amide bonds. The number of aliphatic hydroxyl groups excluding tert-OH is 1. The molecule has 1 rings (SSSR count). The van der Waals surface area contributed by atoms with E-state index in [9.17, 15) is 4.79 Å². The summed E-state index contributed by atoms with van der Waals surface area (Å²) in [7, 11) is 0. The van der Waals surface area contributed by atoms with Gasteiger partial charge in [0.2, 0.25) is 5.91 Å². The van der Waals surface area contributed by atoms with Gasteiger partial charge in [-0.3, -0.25) is 4.79 Å². The summed E-state index contributed by atoms with van der Waals surface area (Å²) in [5.41, 5.74) is 5.53. The van der Waals surface area contributed by atoms with Crippen LogP contribution in [0.3, 0.4) is 0 Å². The number of aliphatic hydroxyl groups is 1. The van der Waals surface area contributed by atoms with Gasteiger partial charge in [0.15, 0.2) is 0 Å². The van der Waals surface area contributed by atoms with Gasteiger partial charge >= 0.3 is 0 Å². The van der Waals surface area contributed by atoms with Gasteiger partial charge in [-0.2, -0.15) is 0 Å². The number of nitrogens with two attached hydrogens (primary N) is 1. The standard InChI is InChI=1S/C10H20N2O2/c1-8(11)10(14)12-5-2-9(3-6-12)4-7-13/h8-9,13H,2-7,11H2,1H3/t8-/m1/s1. The summed E-state index contributed by atoms with van der Waals surface area (Å²) < 4.78 is 0. The average Bonchev–Trinajstić information content (AvgIpc) is 2.18. The molecular weight excluding hydrogens is 180 g/mol. The quantitative estimate of drug-likeness (QED) is 0.671. The number of carbonyl (C=O) groups excluding carboxylic acids is 1. The molecule has 0 saturated carbocycles.